The van der Waals surface area contributed by atoms with Gasteiger partial charge in [0.1, 0.15) is 0 Å². The molecule has 1 N–H and O–H groups in total. The van der Waals surface area contributed by atoms with Crippen molar-refractivity contribution in [1.29, 1.82) is 0 Å². The molecule has 0 fully saturated rings. The van der Waals surface area contributed by atoms with Crippen LogP contribution in [0.4, 0.5) is 0 Å². The summed E-state index contributed by atoms with van der Waals surface area (Å²) in [6.45, 7) is 0. The molecule has 0 spiro atoms. The highest BCUT2D eigenvalue weighted by Gasteiger charge is 2.22. The van der Waals surface area contributed by atoms with Gasteiger partial charge >= 0.3 is 5.97 Å². The number of methoxy groups -OCH3 is 1. The second-order valence-corrected chi connectivity index (χ2v) is 6.20. The van der Waals surface area contributed by atoms with E-state index in [9.17, 15) is 9.59 Å². The van der Waals surface area contributed by atoms with Crippen LogP contribution in [0.3, 0.4) is 0 Å². The summed E-state index contributed by atoms with van der Waals surface area (Å²) in [6.07, 6.45) is -0.0584. The van der Waals surface area contributed by atoms with Crippen LogP contribution in [0.1, 0.15) is 28.4 Å². The number of hydrogen-bond acceptors (Lipinski definition) is 3. The fourth-order valence-electron chi connectivity index (χ4n) is 2.16. The van der Waals surface area contributed by atoms with E-state index < -0.39 is 17.9 Å². The molecule has 0 aliphatic carbocycles. The Balaban J connectivity index is 2.29. The minimum atomic E-state index is -0.648. The molecule has 0 bridgehead atoms. The molecule has 0 aromatic heterocycles. The van der Waals surface area contributed by atoms with Crippen molar-refractivity contribution in [3.05, 3.63) is 68.7 Å². The summed E-state index contributed by atoms with van der Waals surface area (Å²) in [4.78, 5) is 24.2. The SMILES string of the molecule is COC(=O)CC(NC(=O)c1ccc(Cl)cc1Cl)c1ccccc1Cl. The highest BCUT2D eigenvalue weighted by atomic mass is 35.5. The van der Waals surface area contributed by atoms with Gasteiger partial charge < -0.3 is 10.1 Å². The van der Waals surface area contributed by atoms with Gasteiger partial charge in [-0.1, -0.05) is 53.0 Å². The maximum Gasteiger partial charge on any atom is 0.307 e. The van der Waals surface area contributed by atoms with Crippen LogP contribution < -0.4 is 5.32 Å². The van der Waals surface area contributed by atoms with Gasteiger partial charge in [-0.05, 0) is 29.8 Å². The first kappa shape index (κ1) is 18.6. The summed E-state index contributed by atoms with van der Waals surface area (Å²) in [5, 5.41) is 3.85. The first-order valence-electron chi connectivity index (χ1n) is 6.99. The topological polar surface area (TPSA) is 55.4 Å². The van der Waals surface area contributed by atoms with Gasteiger partial charge in [0.05, 0.1) is 30.2 Å². The Morgan fingerprint density at radius 1 is 1.08 bits per heavy atom. The van der Waals surface area contributed by atoms with E-state index in [4.69, 9.17) is 39.5 Å². The lowest BCUT2D eigenvalue weighted by Gasteiger charge is -2.19. The van der Waals surface area contributed by atoms with E-state index in [1.807, 2.05) is 0 Å². The van der Waals surface area contributed by atoms with Crippen molar-refractivity contribution in [2.45, 2.75) is 12.5 Å². The number of ether oxygens (including phenoxy) is 1. The second kappa shape index (κ2) is 8.38. The van der Waals surface area contributed by atoms with Crippen molar-refractivity contribution in [3.63, 3.8) is 0 Å². The normalized spacial score (nSPS) is 11.7. The Morgan fingerprint density at radius 3 is 2.42 bits per heavy atom. The van der Waals surface area contributed by atoms with Crippen LogP contribution in [0, 0.1) is 0 Å². The molecule has 1 amide bonds. The van der Waals surface area contributed by atoms with Crippen LogP contribution in [0.15, 0.2) is 42.5 Å². The van der Waals surface area contributed by atoms with Crippen molar-refractivity contribution in [2.75, 3.05) is 7.11 Å². The number of carbonyl (C=O) groups is 2. The Hall–Kier alpha value is -1.75. The number of esters is 1. The van der Waals surface area contributed by atoms with Crippen LogP contribution >= 0.6 is 34.8 Å². The Bertz CT molecular complexity index is 764. The zero-order valence-corrected chi connectivity index (χ0v) is 15.0. The number of carbonyl (C=O) groups excluding carboxylic acids is 2. The summed E-state index contributed by atoms with van der Waals surface area (Å²) in [5.41, 5.74) is 0.867. The summed E-state index contributed by atoms with van der Waals surface area (Å²) in [5.74, 6) is -0.909. The van der Waals surface area contributed by atoms with E-state index >= 15 is 0 Å². The summed E-state index contributed by atoms with van der Waals surface area (Å²) in [6, 6.07) is 10.9. The maximum atomic E-state index is 12.5. The Kier molecular flexibility index (Phi) is 6.49. The van der Waals surface area contributed by atoms with E-state index in [0.29, 0.717) is 15.6 Å². The van der Waals surface area contributed by atoms with Gasteiger partial charge in [0, 0.05) is 10.0 Å². The van der Waals surface area contributed by atoms with Crippen molar-refractivity contribution in [1.82, 2.24) is 5.32 Å². The average molecular weight is 387 g/mol. The van der Waals surface area contributed by atoms with E-state index in [2.05, 4.69) is 5.32 Å². The molecule has 2 aromatic carbocycles. The summed E-state index contributed by atoms with van der Waals surface area (Å²) in [7, 11) is 1.28. The molecule has 4 nitrogen and oxygen atoms in total. The predicted molar refractivity (Wildman–Crippen MR) is 94.8 cm³/mol. The minimum Gasteiger partial charge on any atom is -0.469 e. The van der Waals surface area contributed by atoms with Crippen molar-refractivity contribution >= 4 is 46.7 Å². The first-order valence-corrected chi connectivity index (χ1v) is 8.13. The quantitative estimate of drug-likeness (QED) is 0.759. The third-order valence-corrected chi connectivity index (χ3v) is 4.25. The molecule has 2 rings (SSSR count). The van der Waals surface area contributed by atoms with Crippen LogP contribution in [0.2, 0.25) is 15.1 Å². The lowest BCUT2D eigenvalue weighted by molar-refractivity contribution is -0.141. The second-order valence-electron chi connectivity index (χ2n) is 4.95. The number of rotatable bonds is 5. The van der Waals surface area contributed by atoms with Crippen molar-refractivity contribution < 1.29 is 14.3 Å². The molecule has 24 heavy (non-hydrogen) atoms. The fraction of sp³-hybridized carbons (Fsp3) is 0.176. The maximum absolute atomic E-state index is 12.5. The van der Waals surface area contributed by atoms with E-state index in [1.54, 1.807) is 30.3 Å². The molecule has 7 heteroatoms. The Morgan fingerprint density at radius 2 is 1.79 bits per heavy atom. The molecule has 126 valence electrons. The van der Waals surface area contributed by atoms with Gasteiger partial charge in [0.2, 0.25) is 0 Å². The van der Waals surface area contributed by atoms with E-state index in [-0.39, 0.29) is 17.0 Å². The van der Waals surface area contributed by atoms with Gasteiger partial charge in [-0.15, -0.1) is 0 Å². The molecule has 0 aliphatic rings. The number of benzene rings is 2. The lowest BCUT2D eigenvalue weighted by Crippen LogP contribution is -2.31. The van der Waals surface area contributed by atoms with Crippen molar-refractivity contribution in [2.24, 2.45) is 0 Å². The lowest BCUT2D eigenvalue weighted by atomic mass is 10.0. The third kappa shape index (κ3) is 4.63. The van der Waals surface area contributed by atoms with Gasteiger partial charge in [-0.3, -0.25) is 9.59 Å². The van der Waals surface area contributed by atoms with Crippen LogP contribution in [-0.4, -0.2) is 19.0 Å². The standard InChI is InChI=1S/C17H14Cl3NO3/c1-24-16(22)9-15(11-4-2-3-5-13(11)19)21-17(23)12-7-6-10(18)8-14(12)20/h2-8,15H,9H2,1H3,(H,21,23). The van der Waals surface area contributed by atoms with Crippen LogP contribution in [0.5, 0.6) is 0 Å². The molecular weight excluding hydrogens is 373 g/mol. The molecular formula is C17H14Cl3NO3. The largest absolute Gasteiger partial charge is 0.469 e. The smallest absolute Gasteiger partial charge is 0.307 e. The van der Waals surface area contributed by atoms with E-state index in [0.717, 1.165) is 0 Å². The minimum absolute atomic E-state index is 0.0584. The van der Waals surface area contributed by atoms with Gasteiger partial charge in [0.15, 0.2) is 0 Å². The molecule has 1 unspecified atom stereocenters. The Labute approximate surface area is 154 Å². The summed E-state index contributed by atoms with van der Waals surface area (Å²) >= 11 is 18.1. The number of amides is 1. The van der Waals surface area contributed by atoms with Crippen LogP contribution in [-0.2, 0) is 9.53 Å². The average Bonchev–Trinajstić information content (AvgIpc) is 2.54. The predicted octanol–water partition coefficient (Wildman–Crippen LogP) is 4.68. The monoisotopic (exact) mass is 385 g/mol. The fourth-order valence-corrected chi connectivity index (χ4v) is 2.92. The molecule has 0 saturated heterocycles. The van der Waals surface area contributed by atoms with Gasteiger partial charge in [-0.25, -0.2) is 0 Å². The van der Waals surface area contributed by atoms with E-state index in [1.165, 1.54) is 19.2 Å². The zero-order chi connectivity index (χ0) is 17.7. The molecule has 0 heterocycles. The third-order valence-electron chi connectivity index (χ3n) is 3.36. The zero-order valence-electron chi connectivity index (χ0n) is 12.7. The molecule has 2 aromatic rings. The van der Waals surface area contributed by atoms with Gasteiger partial charge in [0.25, 0.3) is 5.91 Å². The first-order chi connectivity index (χ1) is 11.4. The molecule has 0 saturated carbocycles. The molecule has 0 aliphatic heterocycles. The number of hydrogen-bond donors (Lipinski definition) is 1. The van der Waals surface area contributed by atoms with Gasteiger partial charge in [-0.2, -0.15) is 0 Å². The highest BCUT2D eigenvalue weighted by molar-refractivity contribution is 6.36. The van der Waals surface area contributed by atoms with Crippen LogP contribution in [0.25, 0.3) is 0 Å². The number of halogens is 3. The molecule has 1 atom stereocenters. The van der Waals surface area contributed by atoms with Crippen molar-refractivity contribution in [3.8, 4) is 0 Å². The molecule has 0 radical (unpaired) electrons. The summed E-state index contributed by atoms with van der Waals surface area (Å²) < 4.78 is 4.69. The highest BCUT2D eigenvalue weighted by Crippen LogP contribution is 2.27. The number of nitrogens with one attached hydrogen (secondary N) is 1.